The Morgan fingerprint density at radius 2 is 2.12 bits per heavy atom. The monoisotopic (exact) mass is 344 g/mol. The van der Waals surface area contributed by atoms with Gasteiger partial charge in [-0.1, -0.05) is 18.2 Å². The summed E-state index contributed by atoms with van der Waals surface area (Å²) in [5.41, 5.74) is 0.889. The van der Waals surface area contributed by atoms with Gasteiger partial charge < -0.3 is 10.0 Å². The summed E-state index contributed by atoms with van der Waals surface area (Å²) in [6.07, 6.45) is 1.76. The second-order valence-electron chi connectivity index (χ2n) is 5.37. The summed E-state index contributed by atoms with van der Waals surface area (Å²) in [5, 5.41) is 17.8. The first kappa shape index (κ1) is 16.1. The maximum Gasteiger partial charge on any atom is 0.328 e. The van der Waals surface area contributed by atoms with Gasteiger partial charge in [-0.25, -0.2) is 9.78 Å². The van der Waals surface area contributed by atoms with Crippen LogP contribution < -0.4 is 5.01 Å². The van der Waals surface area contributed by atoms with Gasteiger partial charge in [-0.3, -0.25) is 9.80 Å². The van der Waals surface area contributed by atoms with E-state index in [1.54, 1.807) is 37.5 Å². The normalized spacial score (nSPS) is 16.8. The topological polar surface area (TPSA) is 86.1 Å². The summed E-state index contributed by atoms with van der Waals surface area (Å²) in [5.74, 6) is -1.29. The Balaban J connectivity index is 1.80. The van der Waals surface area contributed by atoms with Crippen LogP contribution in [0.5, 0.6) is 0 Å². The highest BCUT2D eigenvalue weighted by Gasteiger charge is 2.37. The van der Waals surface area contributed by atoms with Gasteiger partial charge in [0.2, 0.25) is 0 Å². The molecule has 0 bridgehead atoms. The lowest BCUT2D eigenvalue weighted by atomic mass is 10.1. The molecule has 1 aromatic carbocycles. The number of amides is 1. The van der Waals surface area contributed by atoms with Crippen molar-refractivity contribution in [2.24, 2.45) is 5.10 Å². The molecule has 2 heterocycles. The van der Waals surface area contributed by atoms with Crippen LogP contribution in [-0.2, 0) is 16.1 Å². The Kier molecular flexibility index (Phi) is 4.57. The van der Waals surface area contributed by atoms with Crippen LogP contribution in [0.2, 0.25) is 0 Å². The van der Waals surface area contributed by atoms with Crippen molar-refractivity contribution in [1.82, 2.24) is 9.88 Å². The highest BCUT2D eigenvalue weighted by atomic mass is 32.1. The Hall–Kier alpha value is -2.74. The van der Waals surface area contributed by atoms with Crippen molar-refractivity contribution in [2.75, 3.05) is 12.1 Å². The van der Waals surface area contributed by atoms with Gasteiger partial charge in [0.25, 0.3) is 5.91 Å². The number of hydrazone groups is 1. The average molecular weight is 344 g/mol. The first-order chi connectivity index (χ1) is 11.6. The Labute approximate surface area is 142 Å². The molecule has 0 spiro atoms. The van der Waals surface area contributed by atoms with Gasteiger partial charge in [0.15, 0.2) is 6.04 Å². The van der Waals surface area contributed by atoms with E-state index in [2.05, 4.69) is 10.1 Å². The molecule has 0 saturated carbocycles. The number of carboxylic acids is 1. The molecule has 0 aliphatic carbocycles. The molecule has 1 aromatic heterocycles. The fourth-order valence-electron chi connectivity index (χ4n) is 2.48. The molecule has 1 aliphatic heterocycles. The van der Waals surface area contributed by atoms with Gasteiger partial charge >= 0.3 is 5.97 Å². The molecule has 1 N–H and O–H groups in total. The number of thiazole rings is 1. The van der Waals surface area contributed by atoms with Crippen LogP contribution in [0, 0.1) is 0 Å². The van der Waals surface area contributed by atoms with Crippen molar-refractivity contribution >= 4 is 34.6 Å². The van der Waals surface area contributed by atoms with E-state index in [1.807, 2.05) is 11.4 Å². The predicted molar refractivity (Wildman–Crippen MR) is 91.0 cm³/mol. The summed E-state index contributed by atoms with van der Waals surface area (Å²) in [4.78, 5) is 29.8. The zero-order valence-electron chi connectivity index (χ0n) is 13.0. The lowest BCUT2D eigenvalue weighted by Gasteiger charge is -2.19. The van der Waals surface area contributed by atoms with Crippen LogP contribution in [0.1, 0.15) is 11.4 Å². The lowest BCUT2D eigenvalue weighted by Crippen LogP contribution is -2.35. The lowest BCUT2D eigenvalue weighted by molar-refractivity contribution is -0.138. The maximum atomic E-state index is 12.6. The Bertz CT molecular complexity index is 761. The molecular weight excluding hydrogens is 328 g/mol. The molecule has 7 nitrogen and oxygen atoms in total. The van der Waals surface area contributed by atoms with Crippen LogP contribution in [0.15, 0.2) is 47.0 Å². The summed E-state index contributed by atoms with van der Waals surface area (Å²) in [7, 11) is 1.66. The highest BCUT2D eigenvalue weighted by Crippen LogP contribution is 2.25. The third kappa shape index (κ3) is 3.28. The summed E-state index contributed by atoms with van der Waals surface area (Å²) in [6, 6.07) is 8.11. The fraction of sp³-hybridized carbons (Fsp3) is 0.250. The van der Waals surface area contributed by atoms with Crippen LogP contribution in [-0.4, -0.2) is 45.7 Å². The summed E-state index contributed by atoms with van der Waals surface area (Å²) in [6.45, 7) is 0.374. The molecule has 1 aliphatic rings. The molecule has 8 heteroatoms. The summed E-state index contributed by atoms with van der Waals surface area (Å²) >= 11 is 1.46. The van der Waals surface area contributed by atoms with Crippen LogP contribution in [0.3, 0.4) is 0 Å². The van der Waals surface area contributed by atoms with Crippen molar-refractivity contribution in [3.05, 3.63) is 46.9 Å². The number of hydrogen-bond acceptors (Lipinski definition) is 6. The van der Waals surface area contributed by atoms with Crippen LogP contribution in [0.4, 0.5) is 5.69 Å². The second-order valence-corrected chi connectivity index (χ2v) is 6.35. The third-order valence-corrected chi connectivity index (χ3v) is 4.43. The van der Waals surface area contributed by atoms with E-state index in [0.717, 1.165) is 5.01 Å². The van der Waals surface area contributed by atoms with Gasteiger partial charge in [-0.2, -0.15) is 5.10 Å². The smallest absolute Gasteiger partial charge is 0.328 e. The van der Waals surface area contributed by atoms with Crippen LogP contribution >= 0.6 is 11.3 Å². The quantitative estimate of drug-likeness (QED) is 0.894. The Morgan fingerprint density at radius 1 is 1.38 bits per heavy atom. The molecule has 1 unspecified atom stereocenters. The van der Waals surface area contributed by atoms with E-state index < -0.39 is 12.0 Å². The number of carbonyl (C=O) groups excluding carboxylic acids is 1. The number of carboxylic acid groups (broad SMARTS) is 1. The van der Waals surface area contributed by atoms with E-state index in [-0.39, 0.29) is 18.0 Å². The maximum absolute atomic E-state index is 12.6. The van der Waals surface area contributed by atoms with Gasteiger partial charge in [0.1, 0.15) is 10.7 Å². The van der Waals surface area contributed by atoms with E-state index in [9.17, 15) is 14.7 Å². The zero-order valence-corrected chi connectivity index (χ0v) is 13.8. The predicted octanol–water partition coefficient (Wildman–Crippen LogP) is 1.82. The van der Waals surface area contributed by atoms with Crippen molar-refractivity contribution < 1.29 is 14.7 Å². The molecule has 0 fully saturated rings. The molecular formula is C16H16N4O3S. The van der Waals surface area contributed by atoms with Crippen molar-refractivity contribution in [3.63, 3.8) is 0 Å². The number of para-hydroxylation sites is 1. The van der Waals surface area contributed by atoms with Crippen LogP contribution in [0.25, 0.3) is 0 Å². The minimum Gasteiger partial charge on any atom is -0.480 e. The fourth-order valence-corrected chi connectivity index (χ4v) is 3.15. The first-order valence-electron chi connectivity index (χ1n) is 7.34. The van der Waals surface area contributed by atoms with Crippen molar-refractivity contribution in [1.29, 1.82) is 0 Å². The first-order valence-corrected chi connectivity index (χ1v) is 8.22. The number of rotatable bonds is 5. The van der Waals surface area contributed by atoms with Gasteiger partial charge in [0.05, 0.1) is 12.2 Å². The minimum absolute atomic E-state index is 0.0747. The SMILES string of the molecule is CN(Cc1nccs1)C(=O)C1=NN(c2ccccc2)C(C(=O)O)C1. The van der Waals surface area contributed by atoms with Gasteiger partial charge in [-0.05, 0) is 12.1 Å². The summed E-state index contributed by atoms with van der Waals surface area (Å²) < 4.78 is 0. The number of benzene rings is 1. The van der Waals surface area contributed by atoms with E-state index in [0.29, 0.717) is 12.2 Å². The molecule has 1 amide bonds. The van der Waals surface area contributed by atoms with E-state index >= 15 is 0 Å². The third-order valence-electron chi connectivity index (χ3n) is 3.67. The Morgan fingerprint density at radius 3 is 2.75 bits per heavy atom. The molecule has 1 atom stereocenters. The van der Waals surface area contributed by atoms with E-state index in [1.165, 1.54) is 21.2 Å². The molecule has 2 aromatic rings. The molecule has 3 rings (SSSR count). The minimum atomic E-state index is -1.01. The molecule has 0 radical (unpaired) electrons. The highest BCUT2D eigenvalue weighted by molar-refractivity contribution is 7.09. The van der Waals surface area contributed by atoms with Gasteiger partial charge in [0, 0.05) is 25.0 Å². The number of carbonyl (C=O) groups is 2. The van der Waals surface area contributed by atoms with Crippen molar-refractivity contribution in [3.8, 4) is 0 Å². The number of nitrogens with zero attached hydrogens (tertiary/aromatic N) is 4. The second kappa shape index (κ2) is 6.79. The van der Waals surface area contributed by atoms with Gasteiger partial charge in [-0.15, -0.1) is 11.3 Å². The number of hydrogen-bond donors (Lipinski definition) is 1. The molecule has 0 saturated heterocycles. The zero-order chi connectivity index (χ0) is 17.1. The van der Waals surface area contributed by atoms with E-state index in [4.69, 9.17) is 0 Å². The molecule has 124 valence electrons. The standard InChI is InChI=1S/C16H16N4O3S/c1-19(10-14-17-7-8-24-14)15(21)12-9-13(16(22)23)20(18-12)11-5-3-2-4-6-11/h2-8,13H,9-10H2,1H3,(H,22,23). The molecule has 24 heavy (non-hydrogen) atoms. The van der Waals surface area contributed by atoms with Crippen molar-refractivity contribution in [2.45, 2.75) is 19.0 Å². The largest absolute Gasteiger partial charge is 0.480 e. The number of aromatic nitrogens is 1. The number of aliphatic carboxylic acids is 1. The number of anilines is 1. The average Bonchev–Trinajstić information content (AvgIpc) is 3.24.